The molecule has 0 atom stereocenters. The Morgan fingerprint density at radius 2 is 2.37 bits per heavy atom. The van der Waals surface area contributed by atoms with Gasteiger partial charge in [0.2, 0.25) is 5.91 Å². The summed E-state index contributed by atoms with van der Waals surface area (Å²) in [6.45, 7) is 0.352. The number of carbonyl (C=O) groups is 1. The number of hydrogen-bond acceptors (Lipinski definition) is 5. The van der Waals surface area contributed by atoms with Gasteiger partial charge in [0.15, 0.2) is 5.16 Å². The van der Waals surface area contributed by atoms with Crippen LogP contribution >= 0.6 is 11.8 Å². The molecule has 0 saturated heterocycles. The Bertz CT molecular complexity index is 496. The van der Waals surface area contributed by atoms with Gasteiger partial charge in [0.25, 0.3) is 0 Å². The molecule has 6 nitrogen and oxygen atoms in total. The average Bonchev–Trinajstić information content (AvgIpc) is 3.05. The maximum atomic E-state index is 12.1. The van der Waals surface area contributed by atoms with Crippen LogP contribution in [0.3, 0.4) is 0 Å². The van der Waals surface area contributed by atoms with E-state index in [4.69, 9.17) is 5.73 Å². The molecule has 0 spiro atoms. The molecule has 1 amide bonds. The van der Waals surface area contributed by atoms with Gasteiger partial charge in [-0.2, -0.15) is 0 Å². The SMILES string of the molecule is CN(C(=O)CSc1nnc(CN)n1C)C1=CCCC1. The van der Waals surface area contributed by atoms with E-state index in [0.29, 0.717) is 12.3 Å². The van der Waals surface area contributed by atoms with Gasteiger partial charge in [0.1, 0.15) is 5.82 Å². The number of amides is 1. The van der Waals surface area contributed by atoms with Crippen LogP contribution in [0.1, 0.15) is 25.1 Å². The normalized spacial score (nSPS) is 14.6. The highest BCUT2D eigenvalue weighted by Gasteiger charge is 2.17. The number of hydrogen-bond donors (Lipinski definition) is 1. The Morgan fingerprint density at radius 1 is 1.58 bits per heavy atom. The number of rotatable bonds is 5. The molecule has 1 heterocycles. The van der Waals surface area contributed by atoms with Crippen molar-refractivity contribution >= 4 is 17.7 Å². The van der Waals surface area contributed by atoms with Gasteiger partial charge in [-0.15, -0.1) is 10.2 Å². The van der Waals surface area contributed by atoms with Crippen LogP contribution in [0.2, 0.25) is 0 Å². The first kappa shape index (κ1) is 14.1. The zero-order valence-corrected chi connectivity index (χ0v) is 12.1. The molecule has 1 aliphatic carbocycles. The third kappa shape index (κ3) is 3.16. The Morgan fingerprint density at radius 3 is 2.95 bits per heavy atom. The van der Waals surface area contributed by atoms with E-state index in [1.54, 1.807) is 4.90 Å². The second-order valence-electron chi connectivity index (χ2n) is 4.49. The number of aromatic nitrogens is 3. The van der Waals surface area contributed by atoms with Gasteiger partial charge in [-0.1, -0.05) is 17.8 Å². The lowest BCUT2D eigenvalue weighted by molar-refractivity contribution is -0.125. The molecule has 2 N–H and O–H groups in total. The van der Waals surface area contributed by atoms with Crippen LogP contribution in [0.5, 0.6) is 0 Å². The van der Waals surface area contributed by atoms with E-state index in [1.165, 1.54) is 11.8 Å². The number of thioether (sulfide) groups is 1. The molecule has 0 unspecified atom stereocenters. The number of carbonyl (C=O) groups excluding carboxylic acids is 1. The van der Waals surface area contributed by atoms with Crippen LogP contribution in [0.25, 0.3) is 0 Å². The minimum atomic E-state index is 0.0930. The van der Waals surface area contributed by atoms with Crippen molar-refractivity contribution in [2.45, 2.75) is 31.0 Å². The average molecular weight is 281 g/mol. The summed E-state index contributed by atoms with van der Waals surface area (Å²) in [6, 6.07) is 0. The fourth-order valence-electron chi connectivity index (χ4n) is 1.99. The third-order valence-corrected chi connectivity index (χ3v) is 4.26. The van der Waals surface area contributed by atoms with Crippen molar-refractivity contribution in [1.29, 1.82) is 0 Å². The number of nitrogens with zero attached hydrogens (tertiary/aromatic N) is 4. The highest BCUT2D eigenvalue weighted by atomic mass is 32.2. The Kier molecular flexibility index (Phi) is 4.60. The molecule has 1 aromatic heterocycles. The summed E-state index contributed by atoms with van der Waals surface area (Å²) in [4.78, 5) is 13.8. The maximum Gasteiger partial charge on any atom is 0.236 e. The first-order valence-corrected chi connectivity index (χ1v) is 7.28. The van der Waals surface area contributed by atoms with Gasteiger partial charge in [-0.25, -0.2) is 0 Å². The number of nitrogens with two attached hydrogens (primary N) is 1. The van der Waals surface area contributed by atoms with Gasteiger partial charge < -0.3 is 15.2 Å². The van der Waals surface area contributed by atoms with Gasteiger partial charge in [0.05, 0.1) is 12.3 Å². The quantitative estimate of drug-likeness (QED) is 0.811. The minimum Gasteiger partial charge on any atom is -0.324 e. The molecule has 0 fully saturated rings. The molecule has 0 saturated carbocycles. The van der Waals surface area contributed by atoms with Gasteiger partial charge in [-0.3, -0.25) is 4.79 Å². The van der Waals surface area contributed by atoms with Crippen LogP contribution in [0, 0.1) is 0 Å². The standard InChI is InChI=1S/C12H19N5OS/c1-16(9-5-3-4-6-9)11(18)8-19-12-15-14-10(7-13)17(12)2/h5H,3-4,6-8,13H2,1-2H3. The summed E-state index contributed by atoms with van der Waals surface area (Å²) < 4.78 is 1.83. The summed E-state index contributed by atoms with van der Waals surface area (Å²) in [5, 5.41) is 8.72. The predicted octanol–water partition coefficient (Wildman–Crippen LogP) is 0.892. The highest BCUT2D eigenvalue weighted by molar-refractivity contribution is 7.99. The lowest BCUT2D eigenvalue weighted by Crippen LogP contribution is -2.27. The molecule has 0 aromatic carbocycles. The fourth-order valence-corrected chi connectivity index (χ4v) is 2.83. The number of allylic oxidation sites excluding steroid dienone is 2. The molecule has 1 aliphatic rings. The van der Waals surface area contributed by atoms with E-state index >= 15 is 0 Å². The summed E-state index contributed by atoms with van der Waals surface area (Å²) >= 11 is 1.39. The second-order valence-corrected chi connectivity index (χ2v) is 5.43. The van der Waals surface area contributed by atoms with Crippen LogP contribution < -0.4 is 5.73 Å². The van der Waals surface area contributed by atoms with Crippen molar-refractivity contribution in [2.24, 2.45) is 12.8 Å². The second kappa shape index (κ2) is 6.21. The first-order chi connectivity index (χ1) is 9.13. The van der Waals surface area contributed by atoms with Gasteiger partial charge in [-0.05, 0) is 19.3 Å². The first-order valence-electron chi connectivity index (χ1n) is 6.30. The summed E-state index contributed by atoms with van der Waals surface area (Å²) in [6.07, 6.45) is 5.35. The highest BCUT2D eigenvalue weighted by Crippen LogP contribution is 2.22. The van der Waals surface area contributed by atoms with Crippen molar-refractivity contribution in [3.63, 3.8) is 0 Å². The third-order valence-electron chi connectivity index (χ3n) is 3.25. The van der Waals surface area contributed by atoms with Crippen molar-refractivity contribution in [1.82, 2.24) is 19.7 Å². The van der Waals surface area contributed by atoms with E-state index < -0.39 is 0 Å². The van der Waals surface area contributed by atoms with Crippen molar-refractivity contribution in [3.8, 4) is 0 Å². The summed E-state index contributed by atoms with van der Waals surface area (Å²) in [5.41, 5.74) is 6.67. The predicted molar refractivity (Wildman–Crippen MR) is 74.3 cm³/mol. The lowest BCUT2D eigenvalue weighted by atomic mass is 10.3. The largest absolute Gasteiger partial charge is 0.324 e. The Balaban J connectivity index is 1.91. The van der Waals surface area contributed by atoms with Crippen LogP contribution in [-0.4, -0.2) is 38.4 Å². The van der Waals surface area contributed by atoms with Crippen molar-refractivity contribution in [3.05, 3.63) is 17.6 Å². The molecule has 0 radical (unpaired) electrons. The lowest BCUT2D eigenvalue weighted by Gasteiger charge is -2.18. The van der Waals surface area contributed by atoms with Crippen LogP contribution in [-0.2, 0) is 18.4 Å². The molecule has 19 heavy (non-hydrogen) atoms. The molecule has 0 aliphatic heterocycles. The minimum absolute atomic E-state index is 0.0930. The molecule has 7 heteroatoms. The molecule has 104 valence electrons. The molecule has 2 rings (SSSR count). The monoisotopic (exact) mass is 281 g/mol. The van der Waals surface area contributed by atoms with Crippen molar-refractivity contribution in [2.75, 3.05) is 12.8 Å². The van der Waals surface area contributed by atoms with Crippen LogP contribution in [0.4, 0.5) is 0 Å². The molecular weight excluding hydrogens is 262 g/mol. The Labute approximate surface area is 117 Å². The van der Waals surface area contributed by atoms with Crippen molar-refractivity contribution < 1.29 is 4.79 Å². The van der Waals surface area contributed by atoms with Gasteiger partial charge >= 0.3 is 0 Å². The smallest absolute Gasteiger partial charge is 0.236 e. The molecule has 0 bridgehead atoms. The zero-order chi connectivity index (χ0) is 13.8. The van der Waals surface area contributed by atoms with E-state index in [2.05, 4.69) is 16.3 Å². The molecule has 1 aromatic rings. The van der Waals surface area contributed by atoms with E-state index in [9.17, 15) is 4.79 Å². The van der Waals surface area contributed by atoms with Gasteiger partial charge in [0, 0.05) is 19.8 Å². The van der Waals surface area contributed by atoms with E-state index in [-0.39, 0.29) is 5.91 Å². The van der Waals surface area contributed by atoms with E-state index in [0.717, 1.165) is 35.9 Å². The Hall–Kier alpha value is -1.34. The van der Waals surface area contributed by atoms with Crippen LogP contribution in [0.15, 0.2) is 16.9 Å². The zero-order valence-electron chi connectivity index (χ0n) is 11.3. The topological polar surface area (TPSA) is 77.0 Å². The summed E-state index contributed by atoms with van der Waals surface area (Å²) in [5.74, 6) is 1.18. The van der Waals surface area contributed by atoms with E-state index in [1.807, 2.05) is 18.7 Å². The molecular formula is C12H19N5OS. The summed E-state index contributed by atoms with van der Waals surface area (Å²) in [7, 11) is 3.69. The maximum absolute atomic E-state index is 12.1. The fraction of sp³-hybridized carbons (Fsp3) is 0.583.